The molecule has 0 aliphatic carbocycles. The molecule has 2 amide bonds. The van der Waals surface area contributed by atoms with E-state index in [4.69, 9.17) is 0 Å². The zero-order valence-electron chi connectivity index (χ0n) is 14.5. The van der Waals surface area contributed by atoms with Crippen LogP contribution in [0, 0.1) is 0 Å². The molecular weight excluding hydrogens is 308 g/mol. The van der Waals surface area contributed by atoms with E-state index < -0.39 is 0 Å². The average molecular weight is 334 g/mol. The molecule has 3 heterocycles. The Morgan fingerprint density at radius 2 is 2.00 bits per heavy atom. The van der Waals surface area contributed by atoms with Gasteiger partial charge in [-0.2, -0.15) is 0 Å². The number of nitrogens with zero attached hydrogens (tertiary/aromatic N) is 6. The van der Waals surface area contributed by atoms with Gasteiger partial charge in [0, 0.05) is 45.0 Å². The number of piperidine rings is 1. The summed E-state index contributed by atoms with van der Waals surface area (Å²) in [4.78, 5) is 31.1. The minimum atomic E-state index is -0.0197. The van der Waals surface area contributed by atoms with Crippen LogP contribution in [0.4, 0.5) is 0 Å². The van der Waals surface area contributed by atoms with Crippen LogP contribution in [0.2, 0.25) is 0 Å². The van der Waals surface area contributed by atoms with Gasteiger partial charge < -0.3 is 9.80 Å². The van der Waals surface area contributed by atoms with E-state index >= 15 is 0 Å². The van der Waals surface area contributed by atoms with E-state index in [9.17, 15) is 9.59 Å². The van der Waals surface area contributed by atoms with Gasteiger partial charge in [0.1, 0.15) is 6.54 Å². The number of amides is 2. The maximum absolute atomic E-state index is 12.7. The molecule has 8 nitrogen and oxygen atoms in total. The molecular formula is C16H26N6O2. The van der Waals surface area contributed by atoms with Gasteiger partial charge in [0.05, 0.1) is 12.2 Å². The predicted octanol–water partition coefficient (Wildman–Crippen LogP) is -0.178. The summed E-state index contributed by atoms with van der Waals surface area (Å²) in [7, 11) is 0. The zero-order valence-corrected chi connectivity index (χ0v) is 14.5. The third kappa shape index (κ3) is 3.58. The molecule has 0 spiro atoms. The molecule has 0 unspecified atom stereocenters. The van der Waals surface area contributed by atoms with Crippen LogP contribution in [0.25, 0.3) is 0 Å². The van der Waals surface area contributed by atoms with Crippen molar-refractivity contribution in [2.75, 3.05) is 32.7 Å². The van der Waals surface area contributed by atoms with Gasteiger partial charge in [0.2, 0.25) is 11.8 Å². The lowest BCUT2D eigenvalue weighted by molar-refractivity contribution is -0.144. The number of aromatic nitrogens is 3. The summed E-state index contributed by atoms with van der Waals surface area (Å²) in [6.45, 7) is 8.07. The molecule has 0 bridgehead atoms. The molecule has 1 atom stereocenters. The fourth-order valence-corrected chi connectivity index (χ4v) is 3.57. The number of carbonyl (C=O) groups excluding carboxylic acids is 2. The Morgan fingerprint density at radius 3 is 2.62 bits per heavy atom. The van der Waals surface area contributed by atoms with Crippen LogP contribution in [-0.2, 0) is 16.1 Å². The fraction of sp³-hybridized carbons (Fsp3) is 0.750. The van der Waals surface area contributed by atoms with Gasteiger partial charge >= 0.3 is 0 Å². The van der Waals surface area contributed by atoms with Gasteiger partial charge in [-0.1, -0.05) is 5.21 Å². The molecule has 3 rings (SSSR count). The third-order valence-electron chi connectivity index (χ3n) is 4.94. The summed E-state index contributed by atoms with van der Waals surface area (Å²) in [6, 6.07) is 0.236. The van der Waals surface area contributed by atoms with Crippen molar-refractivity contribution in [3.63, 3.8) is 0 Å². The van der Waals surface area contributed by atoms with Gasteiger partial charge in [-0.05, 0) is 26.7 Å². The Balaban J connectivity index is 1.53. The number of rotatable bonds is 4. The van der Waals surface area contributed by atoms with Crippen LogP contribution < -0.4 is 0 Å². The third-order valence-corrected chi connectivity index (χ3v) is 4.94. The summed E-state index contributed by atoms with van der Waals surface area (Å²) < 4.78 is 1.54. The van der Waals surface area contributed by atoms with E-state index in [1.165, 1.54) is 0 Å². The van der Waals surface area contributed by atoms with Gasteiger partial charge in [-0.15, -0.1) is 5.10 Å². The van der Waals surface area contributed by atoms with Crippen LogP contribution >= 0.6 is 0 Å². The fourth-order valence-electron chi connectivity index (χ4n) is 3.57. The Bertz CT molecular complexity index is 565. The van der Waals surface area contributed by atoms with Gasteiger partial charge in [-0.3, -0.25) is 14.5 Å². The van der Waals surface area contributed by atoms with Crippen molar-refractivity contribution < 1.29 is 9.59 Å². The summed E-state index contributed by atoms with van der Waals surface area (Å²) in [5.74, 6) is 0.303. The van der Waals surface area contributed by atoms with Crippen LogP contribution in [0.5, 0.6) is 0 Å². The lowest BCUT2D eigenvalue weighted by Crippen LogP contribution is -2.59. The molecule has 1 aromatic heterocycles. The normalized spacial score (nSPS) is 23.1. The van der Waals surface area contributed by atoms with E-state index in [1.54, 1.807) is 17.1 Å². The Kier molecular flexibility index (Phi) is 5.13. The maximum atomic E-state index is 12.7. The molecule has 2 fully saturated rings. The Labute approximate surface area is 142 Å². The van der Waals surface area contributed by atoms with E-state index in [2.05, 4.69) is 29.1 Å². The van der Waals surface area contributed by atoms with Crippen molar-refractivity contribution in [3.8, 4) is 0 Å². The number of likely N-dealkylation sites (tertiary alicyclic amines) is 1. The van der Waals surface area contributed by atoms with Crippen molar-refractivity contribution in [1.29, 1.82) is 0 Å². The molecule has 0 saturated carbocycles. The highest BCUT2D eigenvalue weighted by Crippen LogP contribution is 2.20. The number of hydrogen-bond donors (Lipinski definition) is 0. The first kappa shape index (κ1) is 16.9. The second-order valence-electron chi connectivity index (χ2n) is 6.80. The average Bonchev–Trinajstić information content (AvgIpc) is 3.08. The first-order valence-corrected chi connectivity index (χ1v) is 8.72. The predicted molar refractivity (Wildman–Crippen MR) is 88.0 cm³/mol. The summed E-state index contributed by atoms with van der Waals surface area (Å²) >= 11 is 0. The second kappa shape index (κ2) is 7.29. The first-order valence-electron chi connectivity index (χ1n) is 8.72. The second-order valence-corrected chi connectivity index (χ2v) is 6.80. The molecule has 8 heteroatoms. The lowest BCUT2D eigenvalue weighted by Gasteiger charge is -2.43. The van der Waals surface area contributed by atoms with E-state index in [0.717, 1.165) is 32.5 Å². The number of carbonyl (C=O) groups is 2. The van der Waals surface area contributed by atoms with E-state index in [1.807, 2.05) is 9.80 Å². The molecule has 0 aromatic carbocycles. The SMILES string of the molecule is CC(C)N1CCC[C@@H](N2CCN(C(=O)Cn3ccnn3)CC2)C1=O. The monoisotopic (exact) mass is 334 g/mol. The highest BCUT2D eigenvalue weighted by atomic mass is 16.2. The van der Waals surface area contributed by atoms with Crippen molar-refractivity contribution >= 4 is 11.8 Å². The van der Waals surface area contributed by atoms with E-state index in [-0.39, 0.29) is 30.4 Å². The van der Waals surface area contributed by atoms with Crippen LogP contribution in [0.1, 0.15) is 26.7 Å². The highest BCUT2D eigenvalue weighted by Gasteiger charge is 2.36. The van der Waals surface area contributed by atoms with Crippen molar-refractivity contribution in [2.45, 2.75) is 45.3 Å². The van der Waals surface area contributed by atoms with Crippen LogP contribution in [-0.4, -0.2) is 86.3 Å². The van der Waals surface area contributed by atoms with Gasteiger partial charge in [0.25, 0.3) is 0 Å². The molecule has 2 aliphatic heterocycles. The van der Waals surface area contributed by atoms with Gasteiger partial charge in [0.15, 0.2) is 0 Å². The Morgan fingerprint density at radius 1 is 1.25 bits per heavy atom. The first-order chi connectivity index (χ1) is 11.6. The minimum absolute atomic E-state index is 0.0197. The van der Waals surface area contributed by atoms with E-state index in [0.29, 0.717) is 13.1 Å². The topological polar surface area (TPSA) is 74.6 Å². The molecule has 2 saturated heterocycles. The quantitative estimate of drug-likeness (QED) is 0.764. The Hall–Kier alpha value is -1.96. The summed E-state index contributed by atoms with van der Waals surface area (Å²) in [5.41, 5.74) is 0. The molecule has 0 N–H and O–H groups in total. The number of hydrogen-bond acceptors (Lipinski definition) is 5. The molecule has 0 radical (unpaired) electrons. The summed E-state index contributed by atoms with van der Waals surface area (Å²) in [6.07, 6.45) is 5.24. The molecule has 24 heavy (non-hydrogen) atoms. The lowest BCUT2D eigenvalue weighted by atomic mass is 10.0. The van der Waals surface area contributed by atoms with Crippen LogP contribution in [0.3, 0.4) is 0 Å². The standard InChI is InChI=1S/C16H26N6O2/c1-13(2)22-6-3-4-14(16(22)24)19-8-10-20(11-9-19)15(23)12-21-7-5-17-18-21/h5,7,13-14H,3-4,6,8-12H2,1-2H3/t14-/m1/s1. The van der Waals surface area contributed by atoms with Gasteiger partial charge in [-0.25, -0.2) is 4.68 Å². The van der Waals surface area contributed by atoms with Crippen LogP contribution in [0.15, 0.2) is 12.4 Å². The largest absolute Gasteiger partial charge is 0.339 e. The van der Waals surface area contributed by atoms with Crippen molar-refractivity contribution in [1.82, 2.24) is 29.7 Å². The smallest absolute Gasteiger partial charge is 0.244 e. The van der Waals surface area contributed by atoms with Crippen molar-refractivity contribution in [2.24, 2.45) is 0 Å². The molecule has 2 aliphatic rings. The highest BCUT2D eigenvalue weighted by molar-refractivity contribution is 5.83. The minimum Gasteiger partial charge on any atom is -0.339 e. The zero-order chi connectivity index (χ0) is 17.1. The summed E-state index contributed by atoms with van der Waals surface area (Å²) in [5, 5.41) is 7.55. The number of piperazine rings is 1. The molecule has 1 aromatic rings. The maximum Gasteiger partial charge on any atom is 0.244 e. The molecule has 132 valence electrons. The van der Waals surface area contributed by atoms with Crippen molar-refractivity contribution in [3.05, 3.63) is 12.4 Å².